The molecule has 0 bridgehead atoms. The molecule has 0 amide bonds. The fraction of sp³-hybridized carbons (Fsp3) is 0.800. The van der Waals surface area contributed by atoms with Crippen LogP contribution in [0.1, 0.15) is 56.7 Å². The normalized spacial score (nSPS) is 28.9. The van der Waals surface area contributed by atoms with Gasteiger partial charge in [0.1, 0.15) is 0 Å². The third kappa shape index (κ3) is 2.84. The minimum atomic E-state index is -0.119. The van der Waals surface area contributed by atoms with Crippen LogP contribution in [0.5, 0.6) is 0 Å². The highest BCUT2D eigenvalue weighted by atomic mass is 16.3. The van der Waals surface area contributed by atoms with Gasteiger partial charge in [0.15, 0.2) is 0 Å². The minimum absolute atomic E-state index is 0.119. The smallest absolute Gasteiger partial charge is 0.0644 e. The molecule has 3 rings (SSSR count). The molecule has 2 heterocycles. The summed E-state index contributed by atoms with van der Waals surface area (Å²) >= 11 is 0. The average Bonchev–Trinajstić information content (AvgIpc) is 3.10. The first-order valence-corrected chi connectivity index (χ1v) is 7.71. The molecule has 1 saturated carbocycles. The zero-order chi connectivity index (χ0) is 13.1. The second kappa shape index (κ2) is 5.63. The summed E-state index contributed by atoms with van der Waals surface area (Å²) in [5.41, 5.74) is 1.00. The number of aliphatic hydroxyl groups is 1. The number of hydrogen-bond donors (Lipinski definition) is 2. The van der Waals surface area contributed by atoms with Crippen molar-refractivity contribution in [2.45, 2.75) is 62.9 Å². The fourth-order valence-electron chi connectivity index (χ4n) is 3.58. The van der Waals surface area contributed by atoms with E-state index >= 15 is 0 Å². The molecular formula is C15H25N3O. The Hall–Kier alpha value is -0.870. The first kappa shape index (κ1) is 13.1. The van der Waals surface area contributed by atoms with Crippen LogP contribution >= 0.6 is 0 Å². The van der Waals surface area contributed by atoms with E-state index in [4.69, 9.17) is 5.10 Å². The van der Waals surface area contributed by atoms with Crippen LogP contribution in [0, 0.1) is 0 Å². The highest BCUT2D eigenvalue weighted by molar-refractivity contribution is 5.08. The fourth-order valence-corrected chi connectivity index (χ4v) is 3.58. The van der Waals surface area contributed by atoms with Crippen LogP contribution in [-0.4, -0.2) is 33.6 Å². The molecule has 1 saturated heterocycles. The van der Waals surface area contributed by atoms with Crippen LogP contribution < -0.4 is 5.32 Å². The molecular weight excluding hydrogens is 238 g/mol. The molecule has 1 aliphatic heterocycles. The maximum Gasteiger partial charge on any atom is 0.0644 e. The third-order valence-electron chi connectivity index (χ3n) is 4.77. The van der Waals surface area contributed by atoms with E-state index in [1.54, 1.807) is 0 Å². The molecule has 0 radical (unpaired) electrons. The quantitative estimate of drug-likeness (QED) is 0.874. The SMILES string of the molecule is OCC1(Cc2ccn(C3CCCCC3)n2)CCCN1. The van der Waals surface area contributed by atoms with Gasteiger partial charge < -0.3 is 10.4 Å². The Morgan fingerprint density at radius 1 is 1.32 bits per heavy atom. The first-order valence-electron chi connectivity index (χ1n) is 7.71. The van der Waals surface area contributed by atoms with Crippen LogP contribution in [0.15, 0.2) is 12.3 Å². The Balaban J connectivity index is 1.67. The zero-order valence-corrected chi connectivity index (χ0v) is 11.6. The van der Waals surface area contributed by atoms with Crippen LogP contribution in [-0.2, 0) is 6.42 Å². The molecule has 1 atom stereocenters. The largest absolute Gasteiger partial charge is 0.394 e. The van der Waals surface area contributed by atoms with Gasteiger partial charge in [0.05, 0.1) is 18.3 Å². The van der Waals surface area contributed by atoms with E-state index in [-0.39, 0.29) is 12.1 Å². The van der Waals surface area contributed by atoms with E-state index in [0.717, 1.165) is 31.5 Å². The number of nitrogens with zero attached hydrogens (tertiary/aromatic N) is 2. The predicted molar refractivity (Wildman–Crippen MR) is 75.1 cm³/mol. The summed E-state index contributed by atoms with van der Waals surface area (Å²) in [6.07, 6.45) is 11.8. The minimum Gasteiger partial charge on any atom is -0.394 e. The predicted octanol–water partition coefficient (Wildman–Crippen LogP) is 2.05. The molecule has 1 aliphatic carbocycles. The lowest BCUT2D eigenvalue weighted by Gasteiger charge is -2.26. The molecule has 0 aromatic carbocycles. The maximum atomic E-state index is 9.64. The second-order valence-corrected chi connectivity index (χ2v) is 6.22. The summed E-state index contributed by atoms with van der Waals surface area (Å²) in [6.45, 7) is 1.23. The summed E-state index contributed by atoms with van der Waals surface area (Å²) in [5.74, 6) is 0. The number of nitrogens with one attached hydrogen (secondary N) is 1. The Morgan fingerprint density at radius 3 is 2.84 bits per heavy atom. The zero-order valence-electron chi connectivity index (χ0n) is 11.6. The van der Waals surface area contributed by atoms with E-state index in [9.17, 15) is 5.11 Å². The van der Waals surface area contributed by atoms with Gasteiger partial charge in [0, 0.05) is 18.2 Å². The van der Waals surface area contributed by atoms with Gasteiger partial charge in [0.2, 0.25) is 0 Å². The van der Waals surface area contributed by atoms with Crippen LogP contribution in [0.3, 0.4) is 0 Å². The van der Waals surface area contributed by atoms with Crippen molar-refractivity contribution < 1.29 is 5.11 Å². The van der Waals surface area contributed by atoms with Gasteiger partial charge in [-0.05, 0) is 38.3 Å². The molecule has 1 aromatic heterocycles. The molecule has 2 aliphatic rings. The third-order valence-corrected chi connectivity index (χ3v) is 4.77. The number of aliphatic hydroxyl groups excluding tert-OH is 1. The molecule has 1 unspecified atom stereocenters. The lowest BCUT2D eigenvalue weighted by atomic mass is 9.93. The summed E-state index contributed by atoms with van der Waals surface area (Å²) in [5, 5.41) is 17.9. The summed E-state index contributed by atoms with van der Waals surface area (Å²) in [7, 11) is 0. The van der Waals surface area contributed by atoms with E-state index in [1.165, 1.54) is 32.1 Å². The van der Waals surface area contributed by atoms with Crippen molar-refractivity contribution in [2.75, 3.05) is 13.2 Å². The monoisotopic (exact) mass is 263 g/mol. The van der Waals surface area contributed by atoms with Crippen molar-refractivity contribution in [2.24, 2.45) is 0 Å². The average molecular weight is 263 g/mol. The Kier molecular flexibility index (Phi) is 3.89. The van der Waals surface area contributed by atoms with E-state index in [2.05, 4.69) is 22.3 Å². The standard InChI is InChI=1S/C15H25N3O/c19-12-15(8-4-9-16-15)11-13-7-10-18(17-13)14-5-2-1-3-6-14/h7,10,14,16,19H,1-6,8-9,11-12H2. The van der Waals surface area contributed by atoms with E-state index in [0.29, 0.717) is 6.04 Å². The number of hydrogen-bond acceptors (Lipinski definition) is 3. The van der Waals surface area contributed by atoms with Gasteiger partial charge in [0.25, 0.3) is 0 Å². The van der Waals surface area contributed by atoms with Crippen LogP contribution in [0.25, 0.3) is 0 Å². The van der Waals surface area contributed by atoms with Gasteiger partial charge in [-0.25, -0.2) is 0 Å². The summed E-state index contributed by atoms with van der Waals surface area (Å²) in [4.78, 5) is 0. The van der Waals surface area contributed by atoms with E-state index in [1.807, 2.05) is 0 Å². The molecule has 106 valence electrons. The lowest BCUT2D eigenvalue weighted by molar-refractivity contribution is 0.176. The van der Waals surface area contributed by atoms with E-state index < -0.39 is 0 Å². The molecule has 4 heteroatoms. The maximum absolute atomic E-state index is 9.64. The van der Waals surface area contributed by atoms with Crippen molar-refractivity contribution in [1.82, 2.24) is 15.1 Å². The molecule has 2 fully saturated rings. The van der Waals surface area contributed by atoms with Crippen molar-refractivity contribution in [1.29, 1.82) is 0 Å². The van der Waals surface area contributed by atoms with Gasteiger partial charge in [-0.2, -0.15) is 5.10 Å². The topological polar surface area (TPSA) is 50.1 Å². The van der Waals surface area contributed by atoms with Crippen molar-refractivity contribution >= 4 is 0 Å². The Morgan fingerprint density at radius 2 is 2.16 bits per heavy atom. The lowest BCUT2D eigenvalue weighted by Crippen LogP contribution is -2.45. The van der Waals surface area contributed by atoms with Crippen LogP contribution in [0.4, 0.5) is 0 Å². The van der Waals surface area contributed by atoms with Gasteiger partial charge >= 0.3 is 0 Å². The Labute approximate surface area is 115 Å². The van der Waals surface area contributed by atoms with Crippen molar-refractivity contribution in [3.05, 3.63) is 18.0 Å². The van der Waals surface area contributed by atoms with Gasteiger partial charge in [-0.3, -0.25) is 4.68 Å². The highest BCUT2D eigenvalue weighted by Gasteiger charge is 2.33. The Bertz CT molecular complexity index is 403. The van der Waals surface area contributed by atoms with Crippen LogP contribution in [0.2, 0.25) is 0 Å². The molecule has 2 N–H and O–H groups in total. The molecule has 1 aromatic rings. The summed E-state index contributed by atoms with van der Waals surface area (Å²) < 4.78 is 2.16. The summed E-state index contributed by atoms with van der Waals surface area (Å²) in [6, 6.07) is 2.73. The molecule has 4 nitrogen and oxygen atoms in total. The highest BCUT2D eigenvalue weighted by Crippen LogP contribution is 2.28. The second-order valence-electron chi connectivity index (χ2n) is 6.22. The molecule has 0 spiro atoms. The van der Waals surface area contributed by atoms with Crippen molar-refractivity contribution in [3.63, 3.8) is 0 Å². The van der Waals surface area contributed by atoms with Crippen molar-refractivity contribution in [3.8, 4) is 0 Å². The number of aromatic nitrogens is 2. The van der Waals surface area contributed by atoms with Gasteiger partial charge in [-0.15, -0.1) is 0 Å². The van der Waals surface area contributed by atoms with Gasteiger partial charge in [-0.1, -0.05) is 19.3 Å². The number of rotatable bonds is 4. The first-order chi connectivity index (χ1) is 9.31. The molecule has 19 heavy (non-hydrogen) atoms.